The molecule has 4 aromatic carbocycles. The lowest BCUT2D eigenvalue weighted by atomic mass is 10.1. The predicted molar refractivity (Wildman–Crippen MR) is 174 cm³/mol. The maximum atomic E-state index is 13.2. The van der Waals surface area contributed by atoms with Gasteiger partial charge in [0.1, 0.15) is 5.70 Å². The molecule has 5 rings (SSSR count). The van der Waals surface area contributed by atoms with Crippen LogP contribution in [0.1, 0.15) is 31.8 Å². The number of nitrogens with one attached hydrogen (secondary N) is 2. The number of nitrogens with zero attached hydrogens (tertiary/aromatic N) is 1. The Balaban J connectivity index is 1.31. The van der Waals surface area contributed by atoms with Gasteiger partial charge in [-0.25, -0.2) is 10.2 Å². The minimum atomic E-state index is -0.694. The third-order valence-electron chi connectivity index (χ3n) is 6.91. The predicted octanol–water partition coefficient (Wildman–Crippen LogP) is 4.59. The second-order valence-electron chi connectivity index (χ2n) is 9.90. The molecule has 0 fully saturated rings. The monoisotopic (exact) mass is 653 g/mol. The number of amides is 2. The molecule has 0 unspecified atom stereocenters. The lowest BCUT2D eigenvalue weighted by molar-refractivity contribution is -0.117. The van der Waals surface area contributed by atoms with Crippen LogP contribution in [0.2, 0.25) is 0 Å². The lowest BCUT2D eigenvalue weighted by Gasteiger charge is -2.14. The van der Waals surface area contributed by atoms with E-state index in [1.165, 1.54) is 58.9 Å². The summed E-state index contributed by atoms with van der Waals surface area (Å²) in [6.07, 6.45) is 2.86. The molecule has 0 radical (unpaired) electrons. The zero-order valence-electron chi connectivity index (χ0n) is 26.4. The third-order valence-corrected chi connectivity index (χ3v) is 6.91. The van der Waals surface area contributed by atoms with Crippen LogP contribution in [0.5, 0.6) is 40.2 Å². The van der Waals surface area contributed by atoms with Crippen molar-refractivity contribution in [3.8, 4) is 40.2 Å². The number of ether oxygens (including phenoxy) is 7. The van der Waals surface area contributed by atoms with Crippen LogP contribution in [0.25, 0.3) is 6.08 Å². The number of hydrogen-bond donors (Lipinski definition) is 2. The first kappa shape index (κ1) is 32.9. The van der Waals surface area contributed by atoms with Crippen LogP contribution in [-0.4, -0.2) is 59.2 Å². The van der Waals surface area contributed by atoms with Crippen molar-refractivity contribution in [2.45, 2.75) is 0 Å². The van der Waals surface area contributed by atoms with Gasteiger partial charge in [-0.15, -0.1) is 0 Å². The summed E-state index contributed by atoms with van der Waals surface area (Å²) >= 11 is 0. The number of methoxy groups -OCH3 is 4. The molecule has 13 heteroatoms. The van der Waals surface area contributed by atoms with Crippen molar-refractivity contribution in [1.82, 2.24) is 10.7 Å². The maximum absolute atomic E-state index is 13.2. The zero-order chi connectivity index (χ0) is 34.0. The Hall–Kier alpha value is -6.50. The van der Waals surface area contributed by atoms with Crippen molar-refractivity contribution in [2.75, 3.05) is 35.2 Å². The smallest absolute Gasteiger partial charge is 0.343 e. The highest BCUT2D eigenvalue weighted by Gasteiger charge is 2.20. The van der Waals surface area contributed by atoms with E-state index in [4.69, 9.17) is 33.2 Å². The molecule has 0 saturated heterocycles. The summed E-state index contributed by atoms with van der Waals surface area (Å²) in [6, 6.07) is 21.2. The number of fused-ring (bicyclic) bond motifs is 1. The van der Waals surface area contributed by atoms with E-state index in [0.717, 1.165) is 0 Å². The molecule has 48 heavy (non-hydrogen) atoms. The van der Waals surface area contributed by atoms with Crippen molar-refractivity contribution in [1.29, 1.82) is 0 Å². The summed E-state index contributed by atoms with van der Waals surface area (Å²) < 4.78 is 37.7. The number of rotatable bonds is 12. The van der Waals surface area contributed by atoms with E-state index >= 15 is 0 Å². The molecule has 1 aliphatic heterocycles. The van der Waals surface area contributed by atoms with Gasteiger partial charge in [-0.1, -0.05) is 24.3 Å². The Morgan fingerprint density at radius 1 is 0.708 bits per heavy atom. The van der Waals surface area contributed by atoms with E-state index in [0.29, 0.717) is 33.9 Å². The molecule has 0 saturated carbocycles. The van der Waals surface area contributed by atoms with Gasteiger partial charge < -0.3 is 38.5 Å². The van der Waals surface area contributed by atoms with E-state index in [2.05, 4.69) is 15.8 Å². The maximum Gasteiger partial charge on any atom is 0.343 e. The van der Waals surface area contributed by atoms with Crippen LogP contribution in [0.4, 0.5) is 0 Å². The van der Waals surface area contributed by atoms with Gasteiger partial charge in [0.15, 0.2) is 34.5 Å². The average molecular weight is 654 g/mol. The molecule has 13 nitrogen and oxygen atoms in total. The van der Waals surface area contributed by atoms with Crippen LogP contribution in [0.3, 0.4) is 0 Å². The highest BCUT2D eigenvalue weighted by molar-refractivity contribution is 6.05. The molecule has 2 amide bonds. The fourth-order valence-corrected chi connectivity index (χ4v) is 4.54. The van der Waals surface area contributed by atoms with E-state index in [9.17, 15) is 14.4 Å². The molecular formula is C35H31N3O10. The number of carbonyl (C=O) groups excluding carboxylic acids is 3. The van der Waals surface area contributed by atoms with Crippen LogP contribution >= 0.6 is 0 Å². The second kappa shape index (κ2) is 15.2. The Morgan fingerprint density at radius 3 is 2.08 bits per heavy atom. The largest absolute Gasteiger partial charge is 0.493 e. The SMILES string of the molecule is COc1cc(/C=N/NC(=O)/C(=C/c2ccc3c(c2)OCO3)NC(=O)c2ccccc2)ccc1OC(=O)c1cc(OC)c(OC)c(OC)c1. The third kappa shape index (κ3) is 7.65. The quantitative estimate of drug-likeness (QED) is 0.0730. The molecule has 0 bridgehead atoms. The molecule has 0 atom stereocenters. The van der Waals surface area contributed by atoms with E-state index < -0.39 is 17.8 Å². The van der Waals surface area contributed by atoms with Gasteiger partial charge in [0, 0.05) is 5.56 Å². The number of hydrogen-bond acceptors (Lipinski definition) is 11. The summed E-state index contributed by atoms with van der Waals surface area (Å²) in [7, 11) is 5.75. The topological polar surface area (TPSA) is 152 Å². The Bertz CT molecular complexity index is 1860. The van der Waals surface area contributed by atoms with Crippen LogP contribution in [0.15, 0.2) is 89.7 Å². The Labute approximate surface area is 275 Å². The summed E-state index contributed by atoms with van der Waals surface area (Å²) in [5, 5.41) is 6.69. The van der Waals surface area contributed by atoms with Gasteiger partial charge in [-0.2, -0.15) is 5.10 Å². The molecule has 0 aromatic heterocycles. The molecule has 1 aliphatic rings. The number of benzene rings is 4. The summed E-state index contributed by atoms with van der Waals surface area (Å²) in [5.74, 6) is 0.505. The van der Waals surface area contributed by atoms with Crippen molar-refractivity contribution in [3.63, 3.8) is 0 Å². The number of hydrazone groups is 1. The van der Waals surface area contributed by atoms with Gasteiger partial charge >= 0.3 is 5.97 Å². The molecule has 246 valence electrons. The second-order valence-corrected chi connectivity index (χ2v) is 9.90. The number of carbonyl (C=O) groups is 3. The fourth-order valence-electron chi connectivity index (χ4n) is 4.54. The van der Waals surface area contributed by atoms with Crippen LogP contribution < -0.4 is 43.9 Å². The van der Waals surface area contributed by atoms with Gasteiger partial charge in [0.05, 0.1) is 40.2 Å². The fraction of sp³-hybridized carbons (Fsp3) is 0.143. The molecule has 0 spiro atoms. The molecule has 1 heterocycles. The first-order valence-corrected chi connectivity index (χ1v) is 14.3. The molecule has 0 aliphatic carbocycles. The minimum absolute atomic E-state index is 0.0634. The normalized spacial score (nSPS) is 11.9. The van der Waals surface area contributed by atoms with Gasteiger partial charge in [0.2, 0.25) is 12.5 Å². The van der Waals surface area contributed by atoms with Gasteiger partial charge in [-0.05, 0) is 71.8 Å². The van der Waals surface area contributed by atoms with Crippen molar-refractivity contribution in [3.05, 3.63) is 107 Å². The van der Waals surface area contributed by atoms with Crippen LogP contribution in [0, 0.1) is 0 Å². The van der Waals surface area contributed by atoms with Crippen LogP contribution in [-0.2, 0) is 4.79 Å². The van der Waals surface area contributed by atoms with Crippen molar-refractivity contribution >= 4 is 30.1 Å². The Kier molecular flexibility index (Phi) is 10.4. The standard InChI is InChI=1S/C35H31N3O10/c1-42-28-16-22(11-13-27(28)48-35(41)24-17-30(43-2)32(45-4)31(18-24)44-3)19-36-38-34(40)25(37-33(39)23-8-6-5-7-9-23)14-21-10-12-26-29(15-21)47-20-46-26/h5-19H,20H2,1-4H3,(H,37,39)(H,38,40)/b25-14-,36-19+. The summed E-state index contributed by atoms with van der Waals surface area (Å²) in [4.78, 5) is 39.2. The minimum Gasteiger partial charge on any atom is -0.493 e. The molecule has 4 aromatic rings. The Morgan fingerprint density at radius 2 is 1.40 bits per heavy atom. The van der Waals surface area contributed by atoms with E-state index in [-0.39, 0.29) is 41.1 Å². The first-order valence-electron chi connectivity index (χ1n) is 14.3. The summed E-state index contributed by atoms with van der Waals surface area (Å²) in [5.41, 5.74) is 3.98. The van der Waals surface area contributed by atoms with Crippen molar-refractivity contribution in [2.24, 2.45) is 5.10 Å². The molecular weight excluding hydrogens is 622 g/mol. The lowest BCUT2D eigenvalue weighted by Crippen LogP contribution is -2.32. The van der Waals surface area contributed by atoms with Gasteiger partial charge in [0.25, 0.3) is 11.8 Å². The highest BCUT2D eigenvalue weighted by Crippen LogP contribution is 2.39. The van der Waals surface area contributed by atoms with Crippen molar-refractivity contribution < 1.29 is 47.5 Å². The van der Waals surface area contributed by atoms with E-state index in [1.54, 1.807) is 60.7 Å². The zero-order valence-corrected chi connectivity index (χ0v) is 26.4. The highest BCUT2D eigenvalue weighted by atomic mass is 16.7. The summed E-state index contributed by atoms with van der Waals surface area (Å²) in [6.45, 7) is 0.0939. The average Bonchev–Trinajstić information content (AvgIpc) is 3.59. The first-order chi connectivity index (χ1) is 23.3. The van der Waals surface area contributed by atoms with Gasteiger partial charge in [-0.3, -0.25) is 9.59 Å². The number of esters is 1. The van der Waals surface area contributed by atoms with E-state index in [1.807, 2.05) is 0 Å². The molecule has 2 N–H and O–H groups in total.